The molecule has 2 rings (SSSR count). The van der Waals surface area contributed by atoms with Gasteiger partial charge in [0.25, 0.3) is 0 Å². The van der Waals surface area contributed by atoms with Gasteiger partial charge in [-0.05, 0) is 23.8 Å². The van der Waals surface area contributed by atoms with Crippen LogP contribution in [-0.2, 0) is 19.6 Å². The zero-order valence-corrected chi connectivity index (χ0v) is 10.5. The zero-order valence-electron chi connectivity index (χ0n) is 10.5. The van der Waals surface area contributed by atoms with Crippen LogP contribution in [0.25, 0.3) is 0 Å². The lowest BCUT2D eigenvalue weighted by atomic mass is 10.2. The van der Waals surface area contributed by atoms with Crippen molar-refractivity contribution in [2.24, 2.45) is 0 Å². The van der Waals surface area contributed by atoms with Crippen LogP contribution >= 0.6 is 0 Å². The van der Waals surface area contributed by atoms with Crippen molar-refractivity contribution in [3.05, 3.63) is 53.6 Å². The second kappa shape index (κ2) is 6.04. The summed E-state index contributed by atoms with van der Waals surface area (Å²) in [5.41, 5.74) is 1.16. The predicted molar refractivity (Wildman–Crippen MR) is 65.2 cm³/mol. The van der Waals surface area contributed by atoms with Gasteiger partial charge in [-0.15, -0.1) is 0 Å². The smallest absolute Gasteiger partial charge is 0.307 e. The Balaban J connectivity index is 1.90. The van der Waals surface area contributed by atoms with E-state index in [4.69, 9.17) is 0 Å². The number of benzene rings is 1. The minimum Gasteiger partial charge on any atom is -0.307 e. The third-order valence-electron chi connectivity index (χ3n) is 2.66. The van der Waals surface area contributed by atoms with Crippen LogP contribution in [0.1, 0.15) is 11.3 Å². The normalized spacial score (nSPS) is 11.8. The summed E-state index contributed by atoms with van der Waals surface area (Å²) in [6.07, 6.45) is -2.98. The summed E-state index contributed by atoms with van der Waals surface area (Å²) in [4.78, 5) is 0. The molecule has 108 valence electrons. The van der Waals surface area contributed by atoms with Crippen LogP contribution in [0.15, 0.2) is 36.5 Å². The van der Waals surface area contributed by atoms with Gasteiger partial charge in [0.05, 0.1) is 5.69 Å². The molecular formula is C13H13F4N3. The SMILES string of the molecule is Fc1cccc(CNCc2ccnn2CC(F)(F)F)c1. The van der Waals surface area contributed by atoms with E-state index in [1.165, 1.54) is 24.4 Å². The summed E-state index contributed by atoms with van der Waals surface area (Å²) in [5.74, 6) is -0.341. The van der Waals surface area contributed by atoms with Gasteiger partial charge in [-0.25, -0.2) is 4.39 Å². The first-order valence-electron chi connectivity index (χ1n) is 5.97. The average molecular weight is 287 g/mol. The Morgan fingerprint density at radius 1 is 1.15 bits per heavy atom. The predicted octanol–water partition coefficient (Wildman–Crippen LogP) is 2.87. The first kappa shape index (κ1) is 14.5. The van der Waals surface area contributed by atoms with Crippen molar-refractivity contribution in [3.63, 3.8) is 0 Å². The number of nitrogens with one attached hydrogen (secondary N) is 1. The van der Waals surface area contributed by atoms with Crippen LogP contribution in [-0.4, -0.2) is 16.0 Å². The number of hydrogen-bond donors (Lipinski definition) is 1. The van der Waals surface area contributed by atoms with E-state index in [0.717, 1.165) is 10.2 Å². The van der Waals surface area contributed by atoms with E-state index in [1.807, 2.05) is 0 Å². The van der Waals surface area contributed by atoms with E-state index in [9.17, 15) is 17.6 Å². The van der Waals surface area contributed by atoms with Crippen molar-refractivity contribution in [1.29, 1.82) is 0 Å². The van der Waals surface area contributed by atoms with Crippen LogP contribution in [0, 0.1) is 5.82 Å². The summed E-state index contributed by atoms with van der Waals surface area (Å²) in [6, 6.07) is 7.55. The average Bonchev–Trinajstić information content (AvgIpc) is 2.74. The van der Waals surface area contributed by atoms with E-state index in [0.29, 0.717) is 12.2 Å². The minimum atomic E-state index is -4.30. The summed E-state index contributed by atoms with van der Waals surface area (Å²) in [6.45, 7) is -0.515. The van der Waals surface area contributed by atoms with Crippen LogP contribution in [0.2, 0.25) is 0 Å². The molecule has 0 spiro atoms. The van der Waals surface area contributed by atoms with Crippen LogP contribution in [0.4, 0.5) is 17.6 Å². The second-order valence-electron chi connectivity index (χ2n) is 4.33. The van der Waals surface area contributed by atoms with E-state index in [2.05, 4.69) is 10.4 Å². The van der Waals surface area contributed by atoms with E-state index in [-0.39, 0.29) is 12.4 Å². The second-order valence-corrected chi connectivity index (χ2v) is 4.33. The number of aromatic nitrogens is 2. The maximum Gasteiger partial charge on any atom is 0.408 e. The third-order valence-corrected chi connectivity index (χ3v) is 2.66. The van der Waals surface area contributed by atoms with Gasteiger partial charge in [-0.1, -0.05) is 12.1 Å². The molecule has 7 heteroatoms. The Bertz CT molecular complexity index is 563. The fraction of sp³-hybridized carbons (Fsp3) is 0.308. The van der Waals surface area contributed by atoms with Crippen LogP contribution < -0.4 is 5.32 Å². The molecule has 0 bridgehead atoms. The van der Waals surface area contributed by atoms with Crippen molar-refractivity contribution >= 4 is 0 Å². The first-order valence-corrected chi connectivity index (χ1v) is 5.97. The van der Waals surface area contributed by atoms with E-state index in [1.54, 1.807) is 12.1 Å². The topological polar surface area (TPSA) is 29.9 Å². The van der Waals surface area contributed by atoms with Gasteiger partial charge in [0, 0.05) is 19.3 Å². The maximum absolute atomic E-state index is 13.0. The molecule has 3 nitrogen and oxygen atoms in total. The van der Waals surface area contributed by atoms with Crippen molar-refractivity contribution in [1.82, 2.24) is 15.1 Å². The van der Waals surface area contributed by atoms with Gasteiger partial charge >= 0.3 is 6.18 Å². The fourth-order valence-electron chi connectivity index (χ4n) is 1.80. The highest BCUT2D eigenvalue weighted by molar-refractivity contribution is 5.16. The molecule has 1 aromatic heterocycles. The zero-order chi connectivity index (χ0) is 14.6. The lowest BCUT2D eigenvalue weighted by Gasteiger charge is -2.11. The third kappa shape index (κ3) is 4.34. The van der Waals surface area contributed by atoms with Crippen molar-refractivity contribution < 1.29 is 17.6 Å². The molecule has 0 saturated heterocycles. The lowest BCUT2D eigenvalue weighted by Crippen LogP contribution is -2.23. The summed E-state index contributed by atoms with van der Waals surface area (Å²) in [7, 11) is 0. The number of nitrogens with zero attached hydrogens (tertiary/aromatic N) is 2. The molecular weight excluding hydrogens is 274 g/mol. The highest BCUT2D eigenvalue weighted by Crippen LogP contribution is 2.18. The Hall–Kier alpha value is -1.89. The first-order chi connectivity index (χ1) is 9.44. The highest BCUT2D eigenvalue weighted by Gasteiger charge is 2.29. The van der Waals surface area contributed by atoms with Gasteiger partial charge in [-0.2, -0.15) is 18.3 Å². The molecule has 0 radical (unpaired) electrons. The highest BCUT2D eigenvalue weighted by atomic mass is 19.4. The number of halogens is 4. The van der Waals surface area contributed by atoms with Crippen LogP contribution in [0.5, 0.6) is 0 Å². The van der Waals surface area contributed by atoms with Crippen molar-refractivity contribution in [2.45, 2.75) is 25.8 Å². The monoisotopic (exact) mass is 287 g/mol. The summed E-state index contributed by atoms with van der Waals surface area (Å²) in [5, 5.41) is 6.60. The lowest BCUT2D eigenvalue weighted by molar-refractivity contribution is -0.143. The summed E-state index contributed by atoms with van der Waals surface area (Å²) >= 11 is 0. The maximum atomic E-state index is 13.0. The molecule has 1 heterocycles. The molecule has 0 aliphatic heterocycles. The van der Waals surface area contributed by atoms with Gasteiger partial charge in [0.2, 0.25) is 0 Å². The number of hydrogen-bond acceptors (Lipinski definition) is 2. The molecule has 0 saturated carbocycles. The molecule has 0 fully saturated rings. The fourth-order valence-corrected chi connectivity index (χ4v) is 1.80. The standard InChI is InChI=1S/C13H13F4N3/c14-11-3-1-2-10(6-11)7-18-8-12-4-5-19-20(12)9-13(15,16)17/h1-6,18H,7-9H2. The molecule has 0 amide bonds. The minimum absolute atomic E-state index is 0.229. The molecule has 2 aromatic rings. The quantitative estimate of drug-likeness (QED) is 0.857. The molecule has 0 unspecified atom stereocenters. The Labute approximate surface area is 113 Å². The number of alkyl halides is 3. The van der Waals surface area contributed by atoms with Gasteiger partial charge in [0.1, 0.15) is 12.4 Å². The summed E-state index contributed by atoms with van der Waals surface area (Å²) < 4.78 is 50.8. The molecule has 1 aromatic carbocycles. The molecule has 1 N–H and O–H groups in total. The molecule has 20 heavy (non-hydrogen) atoms. The Morgan fingerprint density at radius 2 is 1.95 bits per heavy atom. The van der Waals surface area contributed by atoms with E-state index >= 15 is 0 Å². The largest absolute Gasteiger partial charge is 0.408 e. The Kier molecular flexibility index (Phi) is 4.39. The van der Waals surface area contributed by atoms with Crippen LogP contribution in [0.3, 0.4) is 0 Å². The molecule has 0 atom stereocenters. The molecule has 0 aliphatic rings. The number of rotatable bonds is 5. The van der Waals surface area contributed by atoms with Gasteiger partial charge in [0.15, 0.2) is 0 Å². The van der Waals surface area contributed by atoms with E-state index < -0.39 is 12.7 Å². The van der Waals surface area contributed by atoms with Gasteiger partial charge in [-0.3, -0.25) is 4.68 Å². The van der Waals surface area contributed by atoms with Gasteiger partial charge < -0.3 is 5.32 Å². The van der Waals surface area contributed by atoms with Crippen molar-refractivity contribution in [3.8, 4) is 0 Å². The Morgan fingerprint density at radius 3 is 2.65 bits per heavy atom. The molecule has 0 aliphatic carbocycles. The van der Waals surface area contributed by atoms with Crippen molar-refractivity contribution in [2.75, 3.05) is 0 Å².